The van der Waals surface area contributed by atoms with Crippen LogP contribution in [0.25, 0.3) is 5.82 Å². The van der Waals surface area contributed by atoms with Gasteiger partial charge in [-0.25, -0.2) is 22.8 Å². The van der Waals surface area contributed by atoms with E-state index in [2.05, 4.69) is 61.4 Å². The van der Waals surface area contributed by atoms with Crippen molar-refractivity contribution in [1.29, 1.82) is 0 Å². The molecule has 4 heterocycles. The number of rotatable bonds is 7. The molecular formula is C26H39N7O4S2. The minimum Gasteiger partial charge on any atom is -0.476 e. The van der Waals surface area contributed by atoms with Crippen LogP contribution in [0.1, 0.15) is 64.0 Å². The molecule has 0 aromatic carbocycles. The first-order valence-corrected chi connectivity index (χ1v) is 14.1. The van der Waals surface area contributed by atoms with Crippen LogP contribution in [-0.4, -0.2) is 57.6 Å². The number of ether oxygens (including phenoxy) is 1. The van der Waals surface area contributed by atoms with E-state index in [-0.39, 0.29) is 34.9 Å². The summed E-state index contributed by atoms with van der Waals surface area (Å²) in [4.78, 5) is 20.3. The van der Waals surface area contributed by atoms with Gasteiger partial charge in [0.2, 0.25) is 5.88 Å². The van der Waals surface area contributed by atoms with Crippen LogP contribution < -0.4 is 14.4 Å². The summed E-state index contributed by atoms with van der Waals surface area (Å²) in [6.45, 7) is 15.3. The van der Waals surface area contributed by atoms with Gasteiger partial charge in [0.15, 0.2) is 5.82 Å². The third-order valence-corrected chi connectivity index (χ3v) is 7.81. The normalized spacial score (nSPS) is 17.1. The summed E-state index contributed by atoms with van der Waals surface area (Å²) < 4.78 is 37.1. The predicted octanol–water partition coefficient (Wildman–Crippen LogP) is 3.59. The summed E-state index contributed by atoms with van der Waals surface area (Å²) in [6.07, 6.45) is 4.02. The standard InChI is InChI=1S/C26H37N7O4S.H2S/c1-17-13-26(6,7)32(14-17)23-19(24(34)30-38(35,36)20-15-31(8)28-18(20)2)9-10-21(27-23)33-12-11-22(29-33)37-16-25(3,4)5;/h9-12,15,17H,13-14,16H2,1-8H3,(H,30,34);1H2/t17-;/m0./s1. The second-order valence-electron chi connectivity index (χ2n) is 11.9. The minimum absolute atomic E-state index is 0. The van der Waals surface area contributed by atoms with Gasteiger partial charge in [0.1, 0.15) is 10.7 Å². The number of carbonyl (C=O) groups excluding carboxylic acids is 1. The zero-order valence-electron chi connectivity index (χ0n) is 23.8. The third-order valence-electron chi connectivity index (χ3n) is 6.37. The van der Waals surface area contributed by atoms with Crippen molar-refractivity contribution >= 4 is 35.2 Å². The van der Waals surface area contributed by atoms with Crippen molar-refractivity contribution in [3.63, 3.8) is 0 Å². The topological polar surface area (TPSA) is 124 Å². The summed E-state index contributed by atoms with van der Waals surface area (Å²) in [5.74, 6) is 0.976. The van der Waals surface area contributed by atoms with E-state index in [0.717, 1.165) is 6.42 Å². The van der Waals surface area contributed by atoms with Gasteiger partial charge in [-0.2, -0.15) is 18.6 Å². The fourth-order valence-electron chi connectivity index (χ4n) is 4.78. The molecule has 1 N–H and O–H groups in total. The van der Waals surface area contributed by atoms with Gasteiger partial charge in [-0.05, 0) is 50.7 Å². The van der Waals surface area contributed by atoms with Gasteiger partial charge in [-0.15, -0.1) is 5.10 Å². The molecule has 0 spiro atoms. The molecule has 1 amide bonds. The Morgan fingerprint density at radius 3 is 2.46 bits per heavy atom. The van der Waals surface area contributed by atoms with Crippen LogP contribution >= 0.6 is 13.5 Å². The van der Waals surface area contributed by atoms with Gasteiger partial charge in [0, 0.05) is 37.6 Å². The number of sulfonamides is 1. The van der Waals surface area contributed by atoms with Crippen molar-refractivity contribution in [2.45, 2.75) is 65.3 Å². The molecule has 1 aliphatic heterocycles. The number of anilines is 1. The van der Waals surface area contributed by atoms with Crippen LogP contribution in [0.5, 0.6) is 5.88 Å². The van der Waals surface area contributed by atoms with E-state index in [4.69, 9.17) is 9.72 Å². The molecule has 3 aromatic heterocycles. The number of hydrogen-bond donors (Lipinski definition) is 1. The van der Waals surface area contributed by atoms with Crippen LogP contribution in [0, 0.1) is 18.3 Å². The lowest BCUT2D eigenvalue weighted by Gasteiger charge is -2.34. The molecular weight excluding hydrogens is 538 g/mol. The lowest BCUT2D eigenvalue weighted by atomic mass is 9.97. The van der Waals surface area contributed by atoms with E-state index in [1.54, 1.807) is 43.0 Å². The van der Waals surface area contributed by atoms with Gasteiger partial charge >= 0.3 is 0 Å². The van der Waals surface area contributed by atoms with Crippen LogP contribution in [0.4, 0.5) is 5.82 Å². The molecule has 4 rings (SSSR count). The van der Waals surface area contributed by atoms with E-state index in [9.17, 15) is 13.2 Å². The molecule has 0 bridgehead atoms. The lowest BCUT2D eigenvalue weighted by molar-refractivity contribution is 0.0981. The van der Waals surface area contributed by atoms with Crippen LogP contribution in [0.15, 0.2) is 35.5 Å². The number of hydrogen-bond acceptors (Lipinski definition) is 8. The molecule has 1 fully saturated rings. The average molecular weight is 578 g/mol. The van der Waals surface area contributed by atoms with Gasteiger partial charge in [-0.3, -0.25) is 9.48 Å². The van der Waals surface area contributed by atoms with Crippen LogP contribution in [0.2, 0.25) is 0 Å². The Kier molecular flexibility index (Phi) is 8.47. The van der Waals surface area contributed by atoms with Crippen molar-refractivity contribution in [3.05, 3.63) is 41.9 Å². The Balaban J connectivity index is 0.00000420. The van der Waals surface area contributed by atoms with E-state index in [1.807, 2.05) is 0 Å². The summed E-state index contributed by atoms with van der Waals surface area (Å²) >= 11 is 0. The Labute approximate surface area is 237 Å². The Morgan fingerprint density at radius 1 is 1.21 bits per heavy atom. The number of carbonyl (C=O) groups is 1. The molecule has 13 heteroatoms. The van der Waals surface area contributed by atoms with Gasteiger partial charge in [0.05, 0.1) is 17.9 Å². The number of pyridine rings is 1. The Hall–Kier alpha value is -3.06. The van der Waals surface area contributed by atoms with Crippen molar-refractivity contribution in [2.24, 2.45) is 18.4 Å². The summed E-state index contributed by atoms with van der Waals surface area (Å²) in [5.41, 5.74) is 0.164. The Bertz CT molecular complexity index is 1450. The van der Waals surface area contributed by atoms with Crippen molar-refractivity contribution in [3.8, 4) is 11.7 Å². The fraction of sp³-hybridized carbons (Fsp3) is 0.538. The van der Waals surface area contributed by atoms with Crippen LogP contribution in [0.3, 0.4) is 0 Å². The number of aromatic nitrogens is 5. The molecule has 3 aromatic rings. The second-order valence-corrected chi connectivity index (χ2v) is 13.6. The van der Waals surface area contributed by atoms with Gasteiger partial charge in [0.25, 0.3) is 15.9 Å². The molecule has 1 atom stereocenters. The van der Waals surface area contributed by atoms with E-state index in [0.29, 0.717) is 42.3 Å². The summed E-state index contributed by atoms with van der Waals surface area (Å²) in [7, 11) is -2.51. The molecule has 214 valence electrons. The van der Waals surface area contributed by atoms with E-state index in [1.165, 1.54) is 10.9 Å². The minimum atomic E-state index is -4.14. The lowest BCUT2D eigenvalue weighted by Crippen LogP contribution is -2.41. The number of nitrogens with one attached hydrogen (secondary N) is 1. The zero-order chi connectivity index (χ0) is 28.0. The highest BCUT2D eigenvalue weighted by Gasteiger charge is 2.39. The van der Waals surface area contributed by atoms with Gasteiger partial charge < -0.3 is 9.64 Å². The molecule has 11 nitrogen and oxygen atoms in total. The van der Waals surface area contributed by atoms with Crippen molar-refractivity contribution in [2.75, 3.05) is 18.1 Å². The van der Waals surface area contributed by atoms with Crippen molar-refractivity contribution in [1.82, 2.24) is 29.3 Å². The second kappa shape index (κ2) is 10.8. The first kappa shape index (κ1) is 30.5. The molecule has 0 unspecified atom stereocenters. The maximum atomic E-state index is 13.4. The first-order valence-electron chi connectivity index (χ1n) is 12.6. The number of aryl methyl sites for hydroxylation is 2. The smallest absolute Gasteiger partial charge is 0.268 e. The van der Waals surface area contributed by atoms with E-state index < -0.39 is 15.9 Å². The predicted molar refractivity (Wildman–Crippen MR) is 154 cm³/mol. The number of nitrogens with zero attached hydrogens (tertiary/aromatic N) is 6. The fourth-order valence-corrected chi connectivity index (χ4v) is 5.97. The first-order chi connectivity index (χ1) is 17.6. The van der Waals surface area contributed by atoms with Crippen LogP contribution in [-0.2, 0) is 17.1 Å². The zero-order valence-corrected chi connectivity index (χ0v) is 25.6. The Morgan fingerprint density at radius 2 is 1.90 bits per heavy atom. The molecule has 0 radical (unpaired) electrons. The molecule has 1 aliphatic rings. The summed E-state index contributed by atoms with van der Waals surface area (Å²) in [6, 6.07) is 5.00. The molecule has 39 heavy (non-hydrogen) atoms. The van der Waals surface area contributed by atoms with Crippen molar-refractivity contribution < 1.29 is 17.9 Å². The van der Waals surface area contributed by atoms with Gasteiger partial charge in [-0.1, -0.05) is 27.7 Å². The maximum Gasteiger partial charge on any atom is 0.268 e. The highest BCUT2D eigenvalue weighted by Crippen LogP contribution is 2.37. The monoisotopic (exact) mass is 577 g/mol. The molecule has 0 aliphatic carbocycles. The average Bonchev–Trinajstić information content (AvgIpc) is 3.47. The SMILES string of the molecule is Cc1nn(C)cc1S(=O)(=O)NC(=O)c1ccc(-n2ccc(OCC(C)(C)C)n2)nc1N1C[C@@H](C)CC1(C)C.S. The maximum absolute atomic E-state index is 13.4. The van der Waals surface area contributed by atoms with E-state index >= 15 is 0 Å². The molecule has 0 saturated carbocycles. The quantitative estimate of drug-likeness (QED) is 0.452. The highest BCUT2D eigenvalue weighted by molar-refractivity contribution is 7.90. The number of amides is 1. The largest absolute Gasteiger partial charge is 0.476 e. The summed E-state index contributed by atoms with van der Waals surface area (Å²) in [5, 5.41) is 8.58. The third kappa shape index (κ3) is 6.75. The molecule has 1 saturated heterocycles. The highest BCUT2D eigenvalue weighted by atomic mass is 32.2.